The van der Waals surface area contributed by atoms with Crippen LogP contribution in [-0.4, -0.2) is 17.4 Å². The van der Waals surface area contributed by atoms with Crippen LogP contribution in [0.2, 0.25) is 0 Å². The summed E-state index contributed by atoms with van der Waals surface area (Å²) in [7, 11) is 0. The Hall–Kier alpha value is -2.11. The van der Waals surface area contributed by atoms with E-state index in [-0.39, 0.29) is 18.0 Å². The maximum Gasteiger partial charge on any atom is 0.310 e. The molecule has 0 fully saturated rings. The van der Waals surface area contributed by atoms with Crippen LogP contribution in [0.3, 0.4) is 0 Å². The molecule has 14 heavy (non-hydrogen) atoms. The first kappa shape index (κ1) is 9.97. The van der Waals surface area contributed by atoms with E-state index in [9.17, 15) is 14.9 Å². The highest BCUT2D eigenvalue weighted by Crippen LogP contribution is 2.25. The molecule has 0 aliphatic carbocycles. The highest BCUT2D eigenvalue weighted by molar-refractivity contribution is 5.75. The Balaban J connectivity index is 2.84. The van der Waals surface area contributed by atoms with E-state index in [1.165, 1.54) is 18.2 Å². The predicted octanol–water partition coefficient (Wildman–Crippen LogP) is 0.459. The lowest BCUT2D eigenvalue weighted by atomic mass is 10.3. The molecule has 6 nitrogen and oxygen atoms in total. The minimum atomic E-state index is -0.678. The molecule has 6 heteroatoms. The van der Waals surface area contributed by atoms with Gasteiger partial charge in [0.2, 0.25) is 0 Å². The third-order valence-corrected chi connectivity index (χ3v) is 1.43. The third kappa shape index (κ3) is 2.44. The van der Waals surface area contributed by atoms with Crippen molar-refractivity contribution in [3.05, 3.63) is 34.4 Å². The normalized spacial score (nSPS) is 9.43. The molecule has 2 N–H and O–H groups in total. The van der Waals surface area contributed by atoms with Crippen LogP contribution in [0.4, 0.5) is 5.69 Å². The van der Waals surface area contributed by atoms with Gasteiger partial charge in [0.1, 0.15) is 0 Å². The van der Waals surface area contributed by atoms with Gasteiger partial charge in [-0.25, -0.2) is 0 Å². The number of carbonyl (C=O) groups excluding carboxylic acids is 1. The number of benzene rings is 1. The summed E-state index contributed by atoms with van der Waals surface area (Å²) in [6, 6.07) is 5.77. The van der Waals surface area contributed by atoms with Crippen molar-refractivity contribution in [1.29, 1.82) is 0 Å². The monoisotopic (exact) mass is 196 g/mol. The van der Waals surface area contributed by atoms with Gasteiger partial charge in [-0.1, -0.05) is 12.1 Å². The van der Waals surface area contributed by atoms with Gasteiger partial charge in [0.25, 0.3) is 5.91 Å². The van der Waals surface area contributed by atoms with Crippen LogP contribution in [0.1, 0.15) is 0 Å². The first-order valence-corrected chi connectivity index (χ1v) is 3.76. The number of amides is 1. The number of hydrogen-bond acceptors (Lipinski definition) is 4. The van der Waals surface area contributed by atoms with Crippen LogP contribution >= 0.6 is 0 Å². The number of nitrogens with zero attached hydrogens (tertiary/aromatic N) is 1. The van der Waals surface area contributed by atoms with Gasteiger partial charge in [-0.05, 0) is 6.07 Å². The second kappa shape index (κ2) is 4.22. The molecule has 1 amide bonds. The van der Waals surface area contributed by atoms with Crippen molar-refractivity contribution in [1.82, 2.24) is 0 Å². The molecule has 1 rings (SSSR count). The molecule has 0 saturated heterocycles. The summed E-state index contributed by atoms with van der Waals surface area (Å²) >= 11 is 0. The predicted molar refractivity (Wildman–Crippen MR) is 47.8 cm³/mol. The van der Waals surface area contributed by atoms with Crippen molar-refractivity contribution in [2.45, 2.75) is 0 Å². The van der Waals surface area contributed by atoms with Gasteiger partial charge in [-0.15, -0.1) is 0 Å². The highest BCUT2D eigenvalue weighted by Gasteiger charge is 2.13. The van der Waals surface area contributed by atoms with Crippen LogP contribution in [0.25, 0.3) is 0 Å². The SMILES string of the molecule is NC(=O)COc1ccccc1[N+](=O)[O-]. The summed E-state index contributed by atoms with van der Waals surface area (Å²) in [4.78, 5) is 20.3. The number of nitrogens with two attached hydrogens (primary N) is 1. The fraction of sp³-hybridized carbons (Fsp3) is 0.125. The Morgan fingerprint density at radius 1 is 1.50 bits per heavy atom. The molecule has 0 radical (unpaired) electrons. The lowest BCUT2D eigenvalue weighted by Crippen LogP contribution is -2.20. The lowest BCUT2D eigenvalue weighted by molar-refractivity contribution is -0.385. The zero-order valence-corrected chi connectivity index (χ0v) is 7.17. The molecule has 1 aromatic carbocycles. The number of hydrogen-bond donors (Lipinski definition) is 1. The Morgan fingerprint density at radius 3 is 2.71 bits per heavy atom. The van der Waals surface area contributed by atoms with Gasteiger partial charge in [-0.3, -0.25) is 14.9 Å². The second-order valence-electron chi connectivity index (χ2n) is 2.48. The summed E-state index contributed by atoms with van der Waals surface area (Å²) in [6.45, 7) is -0.370. The third-order valence-electron chi connectivity index (χ3n) is 1.43. The fourth-order valence-corrected chi connectivity index (χ4v) is 0.879. The molecular formula is C8H8N2O4. The van der Waals surface area contributed by atoms with E-state index in [0.29, 0.717) is 0 Å². The fourth-order valence-electron chi connectivity index (χ4n) is 0.879. The van der Waals surface area contributed by atoms with Crippen LogP contribution in [0.5, 0.6) is 5.75 Å². The Kier molecular flexibility index (Phi) is 3.01. The summed E-state index contributed by atoms with van der Waals surface area (Å²) in [5.74, 6) is -0.639. The van der Waals surface area contributed by atoms with E-state index in [0.717, 1.165) is 0 Å². The van der Waals surface area contributed by atoms with Crippen molar-refractivity contribution in [3.8, 4) is 5.75 Å². The van der Waals surface area contributed by atoms with Crippen LogP contribution in [-0.2, 0) is 4.79 Å². The molecule has 0 unspecified atom stereocenters. The summed E-state index contributed by atoms with van der Waals surface area (Å²) in [6.07, 6.45) is 0. The molecule has 0 atom stereocenters. The van der Waals surface area contributed by atoms with Crippen LogP contribution < -0.4 is 10.5 Å². The standard InChI is InChI=1S/C8H8N2O4/c9-8(11)5-14-7-4-2-1-3-6(7)10(12)13/h1-4H,5H2,(H2,9,11). The van der Waals surface area contributed by atoms with Crippen molar-refractivity contribution >= 4 is 11.6 Å². The molecule has 0 aliphatic heterocycles. The van der Waals surface area contributed by atoms with Gasteiger partial charge < -0.3 is 10.5 Å². The zero-order chi connectivity index (χ0) is 10.6. The number of carbonyl (C=O) groups is 1. The van der Waals surface area contributed by atoms with Crippen molar-refractivity contribution in [2.75, 3.05) is 6.61 Å². The van der Waals surface area contributed by atoms with Crippen molar-refractivity contribution < 1.29 is 14.5 Å². The number of nitro benzene ring substituents is 1. The van der Waals surface area contributed by atoms with Gasteiger partial charge in [0.15, 0.2) is 12.4 Å². The minimum absolute atomic E-state index is 0.0382. The van der Waals surface area contributed by atoms with E-state index in [4.69, 9.17) is 10.5 Å². The molecule has 0 aromatic heterocycles. The Morgan fingerprint density at radius 2 is 2.14 bits per heavy atom. The number of para-hydroxylation sites is 2. The molecule has 74 valence electrons. The maximum atomic E-state index is 10.5. The van der Waals surface area contributed by atoms with Crippen LogP contribution in [0.15, 0.2) is 24.3 Å². The molecule has 0 heterocycles. The molecular weight excluding hydrogens is 188 g/mol. The average molecular weight is 196 g/mol. The zero-order valence-electron chi connectivity index (χ0n) is 7.17. The van der Waals surface area contributed by atoms with E-state index in [1.54, 1.807) is 6.07 Å². The molecule has 0 spiro atoms. The Labute approximate surface area is 79.4 Å². The lowest BCUT2D eigenvalue weighted by Gasteiger charge is -2.03. The van der Waals surface area contributed by atoms with Crippen molar-refractivity contribution in [2.24, 2.45) is 5.73 Å². The molecule has 1 aromatic rings. The van der Waals surface area contributed by atoms with E-state index < -0.39 is 10.8 Å². The molecule has 0 aliphatic rings. The van der Waals surface area contributed by atoms with E-state index in [2.05, 4.69) is 0 Å². The van der Waals surface area contributed by atoms with Gasteiger partial charge >= 0.3 is 5.69 Å². The number of rotatable bonds is 4. The van der Waals surface area contributed by atoms with Crippen LogP contribution in [0, 0.1) is 10.1 Å². The smallest absolute Gasteiger partial charge is 0.310 e. The highest BCUT2D eigenvalue weighted by atomic mass is 16.6. The quantitative estimate of drug-likeness (QED) is 0.558. The first-order valence-electron chi connectivity index (χ1n) is 3.76. The number of primary amides is 1. The second-order valence-corrected chi connectivity index (χ2v) is 2.48. The number of ether oxygens (including phenoxy) is 1. The summed E-state index contributed by atoms with van der Waals surface area (Å²) in [5.41, 5.74) is 4.65. The van der Waals surface area contributed by atoms with Gasteiger partial charge in [0, 0.05) is 6.07 Å². The van der Waals surface area contributed by atoms with E-state index >= 15 is 0 Å². The topological polar surface area (TPSA) is 95.5 Å². The average Bonchev–Trinajstić information content (AvgIpc) is 2.15. The molecule has 0 saturated carbocycles. The largest absolute Gasteiger partial charge is 0.477 e. The van der Waals surface area contributed by atoms with E-state index in [1.807, 2.05) is 0 Å². The summed E-state index contributed by atoms with van der Waals surface area (Å²) in [5, 5.41) is 10.5. The Bertz CT molecular complexity index is 364. The van der Waals surface area contributed by atoms with Crippen molar-refractivity contribution in [3.63, 3.8) is 0 Å². The molecule has 0 bridgehead atoms. The minimum Gasteiger partial charge on any atom is -0.477 e. The first-order chi connectivity index (χ1) is 6.61. The van der Waals surface area contributed by atoms with Gasteiger partial charge in [0.05, 0.1) is 4.92 Å². The summed E-state index contributed by atoms with van der Waals surface area (Å²) < 4.78 is 4.84. The number of nitro groups is 1. The van der Waals surface area contributed by atoms with Gasteiger partial charge in [-0.2, -0.15) is 0 Å². The maximum absolute atomic E-state index is 10.5.